The van der Waals surface area contributed by atoms with E-state index in [2.05, 4.69) is 10.2 Å². The molecule has 128 valence electrons. The highest BCUT2D eigenvalue weighted by molar-refractivity contribution is 5.87. The minimum atomic E-state index is -0.0493. The van der Waals surface area contributed by atoms with Crippen molar-refractivity contribution in [2.24, 2.45) is 0 Å². The molecule has 5 nitrogen and oxygen atoms in total. The van der Waals surface area contributed by atoms with E-state index in [-0.39, 0.29) is 12.7 Å². The average Bonchev–Trinajstić information content (AvgIpc) is 3.26. The van der Waals surface area contributed by atoms with Crippen LogP contribution >= 0.6 is 0 Å². The molecule has 0 unspecified atom stereocenters. The predicted octanol–water partition coefficient (Wildman–Crippen LogP) is 2.59. The van der Waals surface area contributed by atoms with Gasteiger partial charge in [0.2, 0.25) is 12.7 Å². The Morgan fingerprint density at radius 3 is 2.88 bits per heavy atom. The molecule has 2 aliphatic heterocycles. The molecule has 0 spiro atoms. The molecule has 0 saturated carbocycles. The van der Waals surface area contributed by atoms with Crippen LogP contribution in [0.2, 0.25) is 0 Å². The fraction of sp³-hybridized carbons (Fsp3) is 0.421. The Kier molecular flexibility index (Phi) is 5.90. The number of rotatable bonds is 7. The number of hydrogen-bond donors (Lipinski definition) is 1. The molecule has 0 bridgehead atoms. The maximum Gasteiger partial charge on any atom is 0.243 e. The highest BCUT2D eigenvalue weighted by Crippen LogP contribution is 2.32. The first-order valence-electron chi connectivity index (χ1n) is 8.56. The molecule has 1 N–H and O–H groups in total. The SMILES string of the molecule is O=C(/C=C/C=C/c1ccc2c(c1)OCO2)NCCCN1CCCC1. The first-order valence-corrected chi connectivity index (χ1v) is 8.56. The van der Waals surface area contributed by atoms with Gasteiger partial charge < -0.3 is 19.7 Å². The molecule has 0 aromatic heterocycles. The van der Waals surface area contributed by atoms with Gasteiger partial charge in [-0.1, -0.05) is 24.3 Å². The summed E-state index contributed by atoms with van der Waals surface area (Å²) in [4.78, 5) is 14.2. The van der Waals surface area contributed by atoms with Gasteiger partial charge in [-0.05, 0) is 56.6 Å². The molecule has 1 fully saturated rings. The first-order chi connectivity index (χ1) is 11.8. The van der Waals surface area contributed by atoms with Crippen LogP contribution in [-0.2, 0) is 4.79 Å². The second kappa shape index (κ2) is 8.55. The zero-order valence-corrected chi connectivity index (χ0v) is 13.9. The van der Waals surface area contributed by atoms with Crippen LogP contribution in [0.3, 0.4) is 0 Å². The van der Waals surface area contributed by atoms with Crippen molar-refractivity contribution in [3.8, 4) is 11.5 Å². The molecule has 0 aliphatic carbocycles. The van der Waals surface area contributed by atoms with Gasteiger partial charge in [0, 0.05) is 12.6 Å². The molecule has 0 atom stereocenters. The van der Waals surface area contributed by atoms with Crippen LogP contribution in [0.5, 0.6) is 11.5 Å². The lowest BCUT2D eigenvalue weighted by molar-refractivity contribution is -0.116. The normalized spacial score (nSPS) is 17.2. The average molecular weight is 328 g/mol. The lowest BCUT2D eigenvalue weighted by atomic mass is 10.2. The summed E-state index contributed by atoms with van der Waals surface area (Å²) in [5, 5.41) is 2.92. The first kappa shape index (κ1) is 16.6. The number of fused-ring (bicyclic) bond motifs is 1. The third kappa shape index (κ3) is 4.86. The topological polar surface area (TPSA) is 50.8 Å². The summed E-state index contributed by atoms with van der Waals surface area (Å²) in [5.74, 6) is 1.49. The zero-order valence-electron chi connectivity index (χ0n) is 13.9. The van der Waals surface area contributed by atoms with Crippen molar-refractivity contribution in [3.63, 3.8) is 0 Å². The summed E-state index contributed by atoms with van der Waals surface area (Å²) in [6, 6.07) is 5.76. The summed E-state index contributed by atoms with van der Waals surface area (Å²) in [6.07, 6.45) is 10.7. The minimum Gasteiger partial charge on any atom is -0.454 e. The van der Waals surface area contributed by atoms with E-state index in [4.69, 9.17) is 9.47 Å². The van der Waals surface area contributed by atoms with Gasteiger partial charge in [0.05, 0.1) is 0 Å². The Labute approximate surface area is 142 Å². The van der Waals surface area contributed by atoms with E-state index >= 15 is 0 Å². The fourth-order valence-corrected chi connectivity index (χ4v) is 2.91. The molecule has 1 aromatic carbocycles. The lowest BCUT2D eigenvalue weighted by Crippen LogP contribution is -2.27. The number of likely N-dealkylation sites (tertiary alicyclic amines) is 1. The number of nitrogens with zero attached hydrogens (tertiary/aromatic N) is 1. The predicted molar refractivity (Wildman–Crippen MR) is 94.0 cm³/mol. The molecular formula is C19H24N2O3. The van der Waals surface area contributed by atoms with E-state index in [0.29, 0.717) is 0 Å². The van der Waals surface area contributed by atoms with Gasteiger partial charge in [-0.2, -0.15) is 0 Å². The lowest BCUT2D eigenvalue weighted by Gasteiger charge is -2.13. The monoisotopic (exact) mass is 328 g/mol. The molecule has 1 aromatic rings. The van der Waals surface area contributed by atoms with Gasteiger partial charge in [-0.25, -0.2) is 0 Å². The quantitative estimate of drug-likeness (QED) is 0.475. The third-order valence-electron chi connectivity index (χ3n) is 4.19. The second-order valence-electron chi connectivity index (χ2n) is 6.02. The van der Waals surface area contributed by atoms with Crippen molar-refractivity contribution in [3.05, 3.63) is 42.0 Å². The van der Waals surface area contributed by atoms with Gasteiger partial charge >= 0.3 is 0 Å². The Morgan fingerprint density at radius 2 is 2.00 bits per heavy atom. The molecule has 24 heavy (non-hydrogen) atoms. The molecule has 2 aliphatic rings. The van der Waals surface area contributed by atoms with Gasteiger partial charge in [-0.3, -0.25) is 4.79 Å². The van der Waals surface area contributed by atoms with Gasteiger partial charge in [-0.15, -0.1) is 0 Å². The summed E-state index contributed by atoms with van der Waals surface area (Å²) in [7, 11) is 0. The van der Waals surface area contributed by atoms with Crippen LogP contribution in [0.25, 0.3) is 6.08 Å². The Hall–Kier alpha value is -2.27. The maximum absolute atomic E-state index is 11.7. The van der Waals surface area contributed by atoms with Gasteiger partial charge in [0.1, 0.15) is 0 Å². The number of hydrogen-bond acceptors (Lipinski definition) is 4. The maximum atomic E-state index is 11.7. The molecule has 1 saturated heterocycles. The number of nitrogens with one attached hydrogen (secondary N) is 1. The summed E-state index contributed by atoms with van der Waals surface area (Å²) < 4.78 is 10.6. The van der Waals surface area contributed by atoms with E-state index in [1.54, 1.807) is 12.2 Å². The number of benzene rings is 1. The number of amides is 1. The van der Waals surface area contributed by atoms with Crippen LogP contribution in [-0.4, -0.2) is 43.8 Å². The van der Waals surface area contributed by atoms with E-state index in [1.165, 1.54) is 25.9 Å². The summed E-state index contributed by atoms with van der Waals surface area (Å²) >= 11 is 0. The highest BCUT2D eigenvalue weighted by Gasteiger charge is 2.12. The summed E-state index contributed by atoms with van der Waals surface area (Å²) in [5.41, 5.74) is 1.01. The second-order valence-corrected chi connectivity index (χ2v) is 6.02. The van der Waals surface area contributed by atoms with Crippen LogP contribution < -0.4 is 14.8 Å². The molecule has 2 heterocycles. The Balaban J connectivity index is 1.35. The van der Waals surface area contributed by atoms with E-state index in [1.807, 2.05) is 30.4 Å². The molecular weight excluding hydrogens is 304 g/mol. The Bertz CT molecular complexity index is 619. The number of allylic oxidation sites excluding steroid dienone is 2. The van der Waals surface area contributed by atoms with Crippen LogP contribution in [0.4, 0.5) is 0 Å². The van der Waals surface area contributed by atoms with E-state index < -0.39 is 0 Å². The van der Waals surface area contributed by atoms with Crippen LogP contribution in [0.15, 0.2) is 36.4 Å². The molecule has 3 rings (SSSR count). The number of carbonyl (C=O) groups is 1. The van der Waals surface area contributed by atoms with Crippen molar-refractivity contribution in [2.45, 2.75) is 19.3 Å². The Morgan fingerprint density at radius 1 is 1.17 bits per heavy atom. The largest absolute Gasteiger partial charge is 0.454 e. The van der Waals surface area contributed by atoms with Crippen molar-refractivity contribution < 1.29 is 14.3 Å². The molecule has 0 radical (unpaired) electrons. The van der Waals surface area contributed by atoms with Crippen molar-refractivity contribution in [2.75, 3.05) is 33.0 Å². The van der Waals surface area contributed by atoms with Crippen molar-refractivity contribution >= 4 is 12.0 Å². The fourth-order valence-electron chi connectivity index (χ4n) is 2.91. The third-order valence-corrected chi connectivity index (χ3v) is 4.19. The number of ether oxygens (including phenoxy) is 2. The van der Waals surface area contributed by atoms with Crippen LogP contribution in [0, 0.1) is 0 Å². The molecule has 1 amide bonds. The minimum absolute atomic E-state index is 0.0493. The van der Waals surface area contributed by atoms with Crippen molar-refractivity contribution in [1.29, 1.82) is 0 Å². The van der Waals surface area contributed by atoms with Gasteiger partial charge in [0.15, 0.2) is 11.5 Å². The molecule has 5 heteroatoms. The van der Waals surface area contributed by atoms with E-state index in [9.17, 15) is 4.79 Å². The smallest absolute Gasteiger partial charge is 0.243 e. The highest BCUT2D eigenvalue weighted by atomic mass is 16.7. The standard InChI is InChI=1S/C19H24N2O3/c22-19(20-10-5-13-21-11-3-4-12-21)7-2-1-6-16-8-9-17-18(14-16)24-15-23-17/h1-2,6-9,14H,3-5,10-13,15H2,(H,20,22)/b6-1+,7-2+. The number of carbonyl (C=O) groups excluding carboxylic acids is 1. The zero-order chi connectivity index (χ0) is 16.6. The van der Waals surface area contributed by atoms with Crippen molar-refractivity contribution in [1.82, 2.24) is 10.2 Å². The van der Waals surface area contributed by atoms with E-state index in [0.717, 1.165) is 36.6 Å². The summed E-state index contributed by atoms with van der Waals surface area (Å²) in [6.45, 7) is 4.50. The van der Waals surface area contributed by atoms with Crippen LogP contribution in [0.1, 0.15) is 24.8 Å². The van der Waals surface area contributed by atoms with Gasteiger partial charge in [0.25, 0.3) is 0 Å².